The summed E-state index contributed by atoms with van der Waals surface area (Å²) < 4.78 is 11.5. The number of hydrogen-bond acceptors (Lipinski definition) is 3. The van der Waals surface area contributed by atoms with E-state index in [0.717, 1.165) is 28.7 Å². The first kappa shape index (κ1) is 22.4. The maximum atomic E-state index is 13.3. The van der Waals surface area contributed by atoms with Gasteiger partial charge in [-0.3, -0.25) is 4.79 Å². The van der Waals surface area contributed by atoms with Gasteiger partial charge in [0.15, 0.2) is 11.5 Å². The summed E-state index contributed by atoms with van der Waals surface area (Å²) in [5.41, 5.74) is 3.84. The van der Waals surface area contributed by atoms with Crippen LogP contribution >= 0.6 is 0 Å². The Balaban J connectivity index is 1.79. The Bertz CT molecular complexity index is 1000. The molecule has 3 aromatic rings. The molecule has 1 amide bonds. The zero-order valence-corrected chi connectivity index (χ0v) is 18.8. The van der Waals surface area contributed by atoms with Gasteiger partial charge in [-0.1, -0.05) is 61.5 Å². The molecule has 4 heteroatoms. The minimum absolute atomic E-state index is 0.0517. The molecular formula is C27H31NO3. The second-order valence-electron chi connectivity index (χ2n) is 7.76. The summed E-state index contributed by atoms with van der Waals surface area (Å²) >= 11 is 0. The fourth-order valence-electron chi connectivity index (χ4n) is 3.48. The van der Waals surface area contributed by atoms with Gasteiger partial charge in [0.25, 0.3) is 5.91 Å². The quantitative estimate of drug-likeness (QED) is 0.427. The number of rotatable bonds is 9. The van der Waals surface area contributed by atoms with E-state index in [0.29, 0.717) is 24.7 Å². The fourth-order valence-corrected chi connectivity index (χ4v) is 3.48. The van der Waals surface area contributed by atoms with Crippen LogP contribution in [0.15, 0.2) is 72.8 Å². The van der Waals surface area contributed by atoms with Crippen LogP contribution in [0, 0.1) is 6.92 Å². The molecular weight excluding hydrogens is 386 g/mol. The van der Waals surface area contributed by atoms with Gasteiger partial charge in [0, 0.05) is 18.2 Å². The maximum Gasteiger partial charge on any atom is 0.254 e. The van der Waals surface area contributed by atoms with Gasteiger partial charge < -0.3 is 14.4 Å². The number of hydrogen-bond donors (Lipinski definition) is 0. The molecule has 0 aliphatic rings. The van der Waals surface area contributed by atoms with Crippen LogP contribution < -0.4 is 9.47 Å². The minimum atomic E-state index is 0.0517. The van der Waals surface area contributed by atoms with Crippen molar-refractivity contribution in [3.05, 3.63) is 95.1 Å². The number of amides is 1. The molecule has 0 saturated heterocycles. The Kier molecular flexibility index (Phi) is 7.71. The number of carbonyl (C=O) groups is 1. The Morgan fingerprint density at radius 2 is 1.65 bits per heavy atom. The minimum Gasteiger partial charge on any atom is -0.493 e. The van der Waals surface area contributed by atoms with Crippen LogP contribution in [0.2, 0.25) is 0 Å². The molecule has 0 spiro atoms. The molecule has 162 valence electrons. The van der Waals surface area contributed by atoms with Crippen molar-refractivity contribution >= 4 is 5.91 Å². The van der Waals surface area contributed by atoms with Gasteiger partial charge in [-0.05, 0) is 55.2 Å². The first-order chi connectivity index (χ1) is 15.0. The predicted octanol–water partition coefficient (Wildman–Crippen LogP) is 6.02. The highest BCUT2D eigenvalue weighted by Crippen LogP contribution is 2.30. The number of nitrogens with zero attached hydrogens (tertiary/aromatic N) is 1. The van der Waals surface area contributed by atoms with Gasteiger partial charge in [0.1, 0.15) is 6.61 Å². The first-order valence-corrected chi connectivity index (χ1v) is 10.7. The summed E-state index contributed by atoms with van der Waals surface area (Å²) in [5.74, 6) is 1.41. The maximum absolute atomic E-state index is 13.3. The first-order valence-electron chi connectivity index (χ1n) is 10.7. The van der Waals surface area contributed by atoms with Gasteiger partial charge in [-0.2, -0.15) is 0 Å². The normalized spacial score (nSPS) is 11.6. The van der Waals surface area contributed by atoms with E-state index in [1.54, 1.807) is 7.11 Å². The highest BCUT2D eigenvalue weighted by Gasteiger charge is 2.22. The summed E-state index contributed by atoms with van der Waals surface area (Å²) in [5, 5.41) is 0. The smallest absolute Gasteiger partial charge is 0.254 e. The Labute approximate surface area is 185 Å². The van der Waals surface area contributed by atoms with Crippen molar-refractivity contribution in [2.45, 2.75) is 46.4 Å². The summed E-state index contributed by atoms with van der Waals surface area (Å²) in [6.07, 6.45) is 0.882. The molecule has 3 rings (SSSR count). The summed E-state index contributed by atoms with van der Waals surface area (Å²) in [4.78, 5) is 15.3. The molecule has 0 aliphatic carbocycles. The zero-order chi connectivity index (χ0) is 22.2. The third-order valence-corrected chi connectivity index (χ3v) is 5.58. The molecule has 3 aromatic carbocycles. The van der Waals surface area contributed by atoms with Crippen LogP contribution in [0.5, 0.6) is 11.5 Å². The van der Waals surface area contributed by atoms with Crippen LogP contribution in [0.4, 0.5) is 0 Å². The Morgan fingerprint density at radius 1 is 0.935 bits per heavy atom. The highest BCUT2D eigenvalue weighted by molar-refractivity contribution is 5.95. The number of carbonyl (C=O) groups excluding carboxylic acids is 1. The van der Waals surface area contributed by atoms with Gasteiger partial charge in [-0.15, -0.1) is 0 Å². The standard InChI is InChI=1S/C27H31NO3/c1-5-21(3)28(27(29)24-14-10-9-11-20(24)2)18-23-15-16-25(26(17-23)30-4)31-19-22-12-7-6-8-13-22/h6-17,21H,5,18-19H2,1-4H3. The van der Waals surface area contributed by atoms with E-state index in [-0.39, 0.29) is 11.9 Å². The number of aryl methyl sites for hydroxylation is 1. The van der Waals surface area contributed by atoms with Crippen LogP contribution in [0.1, 0.15) is 47.3 Å². The molecule has 31 heavy (non-hydrogen) atoms. The monoisotopic (exact) mass is 417 g/mol. The Morgan fingerprint density at radius 3 is 2.32 bits per heavy atom. The van der Waals surface area contributed by atoms with E-state index in [2.05, 4.69) is 13.8 Å². The van der Waals surface area contributed by atoms with E-state index in [9.17, 15) is 4.79 Å². The van der Waals surface area contributed by atoms with Crippen LogP contribution in [-0.2, 0) is 13.2 Å². The molecule has 4 nitrogen and oxygen atoms in total. The molecule has 0 bridgehead atoms. The van der Waals surface area contributed by atoms with Crippen LogP contribution in [0.3, 0.4) is 0 Å². The number of ether oxygens (including phenoxy) is 2. The zero-order valence-electron chi connectivity index (χ0n) is 18.8. The summed E-state index contributed by atoms with van der Waals surface area (Å²) in [6.45, 7) is 7.15. The SMILES string of the molecule is CCC(C)N(Cc1ccc(OCc2ccccc2)c(OC)c1)C(=O)c1ccccc1C. The fraction of sp³-hybridized carbons (Fsp3) is 0.296. The number of benzene rings is 3. The predicted molar refractivity (Wildman–Crippen MR) is 125 cm³/mol. The lowest BCUT2D eigenvalue weighted by Crippen LogP contribution is -2.38. The second kappa shape index (κ2) is 10.7. The average molecular weight is 418 g/mol. The van der Waals surface area contributed by atoms with Crippen LogP contribution in [-0.4, -0.2) is 24.0 Å². The van der Waals surface area contributed by atoms with E-state index in [1.165, 1.54) is 0 Å². The van der Waals surface area contributed by atoms with Crippen molar-refractivity contribution in [1.82, 2.24) is 4.90 Å². The van der Waals surface area contributed by atoms with E-state index in [4.69, 9.17) is 9.47 Å². The summed E-state index contributed by atoms with van der Waals surface area (Å²) in [6, 6.07) is 23.8. The second-order valence-corrected chi connectivity index (χ2v) is 7.76. The van der Waals surface area contributed by atoms with Crippen molar-refractivity contribution in [3.8, 4) is 11.5 Å². The molecule has 1 atom stereocenters. The van der Waals surface area contributed by atoms with Crippen molar-refractivity contribution in [2.24, 2.45) is 0 Å². The lowest BCUT2D eigenvalue weighted by molar-refractivity contribution is 0.0670. The van der Waals surface area contributed by atoms with Gasteiger partial charge >= 0.3 is 0 Å². The molecule has 1 unspecified atom stereocenters. The largest absolute Gasteiger partial charge is 0.493 e. The summed E-state index contributed by atoms with van der Waals surface area (Å²) in [7, 11) is 1.64. The van der Waals surface area contributed by atoms with Gasteiger partial charge in [-0.25, -0.2) is 0 Å². The number of methoxy groups -OCH3 is 1. The lowest BCUT2D eigenvalue weighted by Gasteiger charge is -2.29. The van der Waals surface area contributed by atoms with Crippen molar-refractivity contribution in [3.63, 3.8) is 0 Å². The molecule has 0 aromatic heterocycles. The van der Waals surface area contributed by atoms with Crippen molar-refractivity contribution < 1.29 is 14.3 Å². The molecule has 0 fully saturated rings. The molecule has 0 N–H and O–H groups in total. The van der Waals surface area contributed by atoms with E-state index >= 15 is 0 Å². The van der Waals surface area contributed by atoms with Gasteiger partial charge in [0.2, 0.25) is 0 Å². The van der Waals surface area contributed by atoms with E-state index < -0.39 is 0 Å². The van der Waals surface area contributed by atoms with Crippen LogP contribution in [0.25, 0.3) is 0 Å². The molecule has 0 saturated carbocycles. The molecule has 0 aliphatic heterocycles. The van der Waals surface area contributed by atoms with Crippen molar-refractivity contribution in [2.75, 3.05) is 7.11 Å². The topological polar surface area (TPSA) is 38.8 Å². The highest BCUT2D eigenvalue weighted by atomic mass is 16.5. The third kappa shape index (κ3) is 5.66. The Hall–Kier alpha value is -3.27. The lowest BCUT2D eigenvalue weighted by atomic mass is 10.0. The van der Waals surface area contributed by atoms with E-state index in [1.807, 2.05) is 84.6 Å². The van der Waals surface area contributed by atoms with Crippen molar-refractivity contribution in [1.29, 1.82) is 0 Å². The molecule has 0 radical (unpaired) electrons. The molecule has 0 heterocycles. The third-order valence-electron chi connectivity index (χ3n) is 5.58. The van der Waals surface area contributed by atoms with Gasteiger partial charge in [0.05, 0.1) is 7.11 Å². The average Bonchev–Trinajstić information content (AvgIpc) is 2.81.